The summed E-state index contributed by atoms with van der Waals surface area (Å²) in [5.74, 6) is 7.35. The molecule has 1 unspecified atom stereocenters. The lowest BCUT2D eigenvalue weighted by atomic mass is 9.91. The monoisotopic (exact) mass is 250 g/mol. The Morgan fingerprint density at radius 2 is 1.94 bits per heavy atom. The maximum atomic E-state index is 5.70. The minimum Gasteiger partial charge on any atom is -0.496 e. The zero-order valence-corrected chi connectivity index (χ0v) is 12.0. The molecule has 1 aromatic rings. The lowest BCUT2D eigenvalue weighted by Crippen LogP contribution is -2.29. The SMILES string of the molecule is CCC(CC)CC(NN)c1ccc(OC)c(C)c1. The van der Waals surface area contributed by atoms with Gasteiger partial charge in [-0.25, -0.2) is 0 Å². The molecule has 0 amide bonds. The van der Waals surface area contributed by atoms with E-state index in [1.807, 2.05) is 6.07 Å². The molecule has 0 radical (unpaired) electrons. The van der Waals surface area contributed by atoms with E-state index >= 15 is 0 Å². The number of hydrogen-bond donors (Lipinski definition) is 2. The molecule has 0 saturated heterocycles. The minimum atomic E-state index is 0.222. The van der Waals surface area contributed by atoms with Crippen LogP contribution in [0.3, 0.4) is 0 Å². The molecule has 3 nitrogen and oxygen atoms in total. The average molecular weight is 250 g/mol. The van der Waals surface area contributed by atoms with Gasteiger partial charge in [0.15, 0.2) is 0 Å². The first-order chi connectivity index (χ1) is 8.65. The van der Waals surface area contributed by atoms with Crippen molar-refractivity contribution in [1.29, 1.82) is 0 Å². The number of benzene rings is 1. The van der Waals surface area contributed by atoms with E-state index in [-0.39, 0.29) is 6.04 Å². The minimum absolute atomic E-state index is 0.222. The number of nitrogens with two attached hydrogens (primary N) is 1. The summed E-state index contributed by atoms with van der Waals surface area (Å²) in [4.78, 5) is 0. The van der Waals surface area contributed by atoms with E-state index in [4.69, 9.17) is 10.6 Å². The van der Waals surface area contributed by atoms with Gasteiger partial charge in [-0.05, 0) is 36.5 Å². The highest BCUT2D eigenvalue weighted by Gasteiger charge is 2.15. The summed E-state index contributed by atoms with van der Waals surface area (Å²) < 4.78 is 5.29. The summed E-state index contributed by atoms with van der Waals surface area (Å²) in [6, 6.07) is 6.49. The molecular weight excluding hydrogens is 224 g/mol. The molecule has 3 heteroatoms. The Balaban J connectivity index is 2.84. The van der Waals surface area contributed by atoms with Gasteiger partial charge in [0.1, 0.15) is 5.75 Å². The molecule has 0 saturated carbocycles. The van der Waals surface area contributed by atoms with Crippen molar-refractivity contribution in [1.82, 2.24) is 5.43 Å². The fourth-order valence-corrected chi connectivity index (χ4v) is 2.37. The van der Waals surface area contributed by atoms with Crippen molar-refractivity contribution < 1.29 is 4.74 Å². The van der Waals surface area contributed by atoms with Crippen molar-refractivity contribution in [2.75, 3.05) is 7.11 Å². The zero-order chi connectivity index (χ0) is 13.5. The van der Waals surface area contributed by atoms with Crippen LogP contribution in [0.15, 0.2) is 18.2 Å². The Bertz CT molecular complexity index is 362. The molecule has 18 heavy (non-hydrogen) atoms. The molecular formula is C15H26N2O. The largest absolute Gasteiger partial charge is 0.496 e. The zero-order valence-electron chi connectivity index (χ0n) is 12.0. The van der Waals surface area contributed by atoms with Crippen LogP contribution in [0.5, 0.6) is 5.75 Å². The third-order valence-electron chi connectivity index (χ3n) is 3.75. The molecule has 1 rings (SSSR count). The highest BCUT2D eigenvalue weighted by molar-refractivity contribution is 5.37. The molecule has 1 aromatic carbocycles. The van der Waals surface area contributed by atoms with Gasteiger partial charge < -0.3 is 4.74 Å². The van der Waals surface area contributed by atoms with Crippen LogP contribution in [-0.2, 0) is 0 Å². The molecule has 0 fully saturated rings. The van der Waals surface area contributed by atoms with Crippen LogP contribution in [-0.4, -0.2) is 7.11 Å². The summed E-state index contributed by atoms with van der Waals surface area (Å²) in [5, 5.41) is 0. The number of hydrogen-bond acceptors (Lipinski definition) is 3. The topological polar surface area (TPSA) is 47.3 Å². The van der Waals surface area contributed by atoms with E-state index in [1.165, 1.54) is 18.4 Å². The van der Waals surface area contributed by atoms with Gasteiger partial charge in [0.25, 0.3) is 0 Å². The number of rotatable bonds is 7. The first-order valence-corrected chi connectivity index (χ1v) is 6.76. The quantitative estimate of drug-likeness (QED) is 0.576. The van der Waals surface area contributed by atoms with Crippen LogP contribution >= 0.6 is 0 Å². The summed E-state index contributed by atoms with van der Waals surface area (Å²) in [7, 11) is 1.70. The van der Waals surface area contributed by atoms with E-state index in [0.29, 0.717) is 5.92 Å². The molecule has 3 N–H and O–H groups in total. The molecule has 0 aliphatic carbocycles. The van der Waals surface area contributed by atoms with Crippen molar-refractivity contribution in [3.8, 4) is 5.75 Å². The Kier molecular flexibility index (Phi) is 6.16. The number of aryl methyl sites for hydroxylation is 1. The molecule has 0 bridgehead atoms. The van der Waals surface area contributed by atoms with Gasteiger partial charge in [-0.3, -0.25) is 11.3 Å². The van der Waals surface area contributed by atoms with Gasteiger partial charge in [-0.15, -0.1) is 0 Å². The maximum Gasteiger partial charge on any atom is 0.121 e. The van der Waals surface area contributed by atoms with E-state index in [1.54, 1.807) is 7.11 Å². The highest BCUT2D eigenvalue weighted by Crippen LogP contribution is 2.28. The Morgan fingerprint density at radius 1 is 1.28 bits per heavy atom. The van der Waals surface area contributed by atoms with E-state index in [2.05, 4.69) is 38.3 Å². The second kappa shape index (κ2) is 7.39. The van der Waals surface area contributed by atoms with Gasteiger partial charge in [0.05, 0.1) is 7.11 Å². The average Bonchev–Trinajstić information content (AvgIpc) is 2.40. The number of ether oxygens (including phenoxy) is 1. The molecule has 102 valence electrons. The second-order valence-electron chi connectivity index (χ2n) is 4.87. The van der Waals surface area contributed by atoms with Crippen LogP contribution in [0.2, 0.25) is 0 Å². The number of nitrogens with one attached hydrogen (secondary N) is 1. The van der Waals surface area contributed by atoms with Crippen LogP contribution < -0.4 is 16.0 Å². The van der Waals surface area contributed by atoms with Gasteiger partial charge in [-0.1, -0.05) is 38.8 Å². The summed E-state index contributed by atoms with van der Waals surface area (Å²) >= 11 is 0. The summed E-state index contributed by atoms with van der Waals surface area (Å²) in [5.41, 5.74) is 5.33. The van der Waals surface area contributed by atoms with Gasteiger partial charge in [0, 0.05) is 6.04 Å². The standard InChI is InChI=1S/C15H26N2O/c1-5-12(6-2)10-14(17-16)13-7-8-15(18-4)11(3)9-13/h7-9,12,14,17H,5-6,10,16H2,1-4H3. The van der Waals surface area contributed by atoms with E-state index in [9.17, 15) is 0 Å². The normalized spacial score (nSPS) is 12.8. The first kappa shape index (κ1) is 15.0. The Hall–Kier alpha value is -1.06. The van der Waals surface area contributed by atoms with Crippen LogP contribution in [0.4, 0.5) is 0 Å². The summed E-state index contributed by atoms with van der Waals surface area (Å²) in [6.07, 6.45) is 3.48. The fraction of sp³-hybridized carbons (Fsp3) is 0.600. The molecule has 1 atom stereocenters. The Labute approximate surface area is 111 Å². The molecule has 0 aliphatic rings. The van der Waals surface area contributed by atoms with Crippen molar-refractivity contribution in [2.24, 2.45) is 11.8 Å². The van der Waals surface area contributed by atoms with Gasteiger partial charge in [0.2, 0.25) is 0 Å². The number of hydrazine groups is 1. The van der Waals surface area contributed by atoms with Crippen molar-refractivity contribution in [3.05, 3.63) is 29.3 Å². The smallest absolute Gasteiger partial charge is 0.121 e. The van der Waals surface area contributed by atoms with Gasteiger partial charge >= 0.3 is 0 Å². The van der Waals surface area contributed by atoms with Gasteiger partial charge in [-0.2, -0.15) is 0 Å². The molecule has 0 heterocycles. The van der Waals surface area contributed by atoms with Crippen LogP contribution in [0, 0.1) is 12.8 Å². The van der Waals surface area contributed by atoms with Crippen LogP contribution in [0.1, 0.15) is 50.3 Å². The Morgan fingerprint density at radius 3 is 2.39 bits per heavy atom. The van der Waals surface area contributed by atoms with E-state index in [0.717, 1.165) is 17.7 Å². The first-order valence-electron chi connectivity index (χ1n) is 6.76. The lowest BCUT2D eigenvalue weighted by molar-refractivity contribution is 0.374. The summed E-state index contributed by atoms with van der Waals surface area (Å²) in [6.45, 7) is 6.54. The van der Waals surface area contributed by atoms with E-state index < -0.39 is 0 Å². The van der Waals surface area contributed by atoms with Crippen molar-refractivity contribution >= 4 is 0 Å². The second-order valence-corrected chi connectivity index (χ2v) is 4.87. The highest BCUT2D eigenvalue weighted by atomic mass is 16.5. The molecule has 0 spiro atoms. The van der Waals surface area contributed by atoms with Crippen molar-refractivity contribution in [3.63, 3.8) is 0 Å². The molecule has 0 aliphatic heterocycles. The predicted molar refractivity (Wildman–Crippen MR) is 76.5 cm³/mol. The third kappa shape index (κ3) is 3.72. The number of methoxy groups -OCH3 is 1. The molecule has 0 aromatic heterocycles. The third-order valence-corrected chi connectivity index (χ3v) is 3.75. The predicted octanol–water partition coefficient (Wildman–Crippen LogP) is 3.33. The van der Waals surface area contributed by atoms with Crippen molar-refractivity contribution in [2.45, 2.75) is 46.1 Å². The lowest BCUT2D eigenvalue weighted by Gasteiger charge is -2.22. The fourth-order valence-electron chi connectivity index (χ4n) is 2.37. The maximum absolute atomic E-state index is 5.70. The van der Waals surface area contributed by atoms with Crippen LogP contribution in [0.25, 0.3) is 0 Å².